The minimum Gasteiger partial charge on any atom is -0.341 e. The Morgan fingerprint density at radius 3 is 3.00 bits per heavy atom. The number of rotatable bonds is 5. The Hall–Kier alpha value is -1.39. The maximum absolute atomic E-state index is 13.1. The molecule has 2 N–H and O–H groups in total. The highest BCUT2D eigenvalue weighted by atomic mass is 35.5. The quantitative estimate of drug-likeness (QED) is 0.816. The highest BCUT2D eigenvalue weighted by Gasteiger charge is 2.06. The smallest absolute Gasteiger partial charge is 0.141 e. The number of halogens is 2. The molecule has 2 rings (SSSR count). The second kappa shape index (κ2) is 5.98. The molecule has 0 spiro atoms. The third kappa shape index (κ3) is 3.09. The molecule has 1 aromatic heterocycles. The maximum atomic E-state index is 13.1. The molecule has 0 bridgehead atoms. The lowest BCUT2D eigenvalue weighted by Gasteiger charge is -2.00. The lowest BCUT2D eigenvalue weighted by atomic mass is 10.2. The molecule has 1 aromatic carbocycles. The van der Waals surface area contributed by atoms with Crippen LogP contribution in [0.5, 0.6) is 0 Å². The van der Waals surface area contributed by atoms with Gasteiger partial charge in [0, 0.05) is 24.0 Å². The molecular weight excluding hydrogens is 253 g/mol. The fourth-order valence-electron chi connectivity index (χ4n) is 1.64. The van der Waals surface area contributed by atoms with E-state index in [1.165, 1.54) is 6.07 Å². The van der Waals surface area contributed by atoms with E-state index in [1.54, 1.807) is 18.3 Å². The normalized spacial score (nSPS) is 10.8. The summed E-state index contributed by atoms with van der Waals surface area (Å²) in [4.78, 5) is 7.44. The van der Waals surface area contributed by atoms with E-state index in [0.29, 0.717) is 5.82 Å². The van der Waals surface area contributed by atoms with E-state index in [2.05, 4.69) is 22.2 Å². The highest BCUT2D eigenvalue weighted by Crippen LogP contribution is 2.22. The number of aromatic amines is 1. The first-order chi connectivity index (χ1) is 8.70. The molecular formula is C13H15ClFN3. The lowest BCUT2D eigenvalue weighted by molar-refractivity contribution is 0.628. The summed E-state index contributed by atoms with van der Waals surface area (Å²) in [6.07, 6.45) is 2.86. The summed E-state index contributed by atoms with van der Waals surface area (Å²) < 4.78 is 13.1. The Morgan fingerprint density at radius 1 is 1.44 bits per heavy atom. The van der Waals surface area contributed by atoms with Gasteiger partial charge in [0.25, 0.3) is 0 Å². The maximum Gasteiger partial charge on any atom is 0.141 e. The summed E-state index contributed by atoms with van der Waals surface area (Å²) in [6, 6.07) is 4.57. The molecule has 96 valence electrons. The second-order valence-electron chi connectivity index (χ2n) is 4.06. The first kappa shape index (κ1) is 13.1. The van der Waals surface area contributed by atoms with Gasteiger partial charge in [-0.25, -0.2) is 9.37 Å². The van der Waals surface area contributed by atoms with Crippen molar-refractivity contribution >= 4 is 11.6 Å². The Bertz CT molecular complexity index is 525. The van der Waals surface area contributed by atoms with Gasteiger partial charge < -0.3 is 10.3 Å². The summed E-state index contributed by atoms with van der Waals surface area (Å²) in [5, 5.41) is 3.39. The summed E-state index contributed by atoms with van der Waals surface area (Å²) in [6.45, 7) is 3.83. The van der Waals surface area contributed by atoms with Crippen LogP contribution >= 0.6 is 11.6 Å². The average molecular weight is 268 g/mol. The number of imidazole rings is 1. The molecule has 1 heterocycles. The zero-order chi connectivity index (χ0) is 13.0. The minimum atomic E-state index is -0.420. The van der Waals surface area contributed by atoms with Crippen molar-refractivity contribution in [2.45, 2.75) is 19.9 Å². The first-order valence-corrected chi connectivity index (χ1v) is 6.28. The van der Waals surface area contributed by atoms with Crippen LogP contribution in [0.3, 0.4) is 0 Å². The van der Waals surface area contributed by atoms with Crippen molar-refractivity contribution in [2.75, 3.05) is 6.54 Å². The second-order valence-corrected chi connectivity index (χ2v) is 4.47. The molecule has 0 saturated carbocycles. The Morgan fingerprint density at radius 2 is 2.28 bits per heavy atom. The largest absolute Gasteiger partial charge is 0.341 e. The summed E-state index contributed by atoms with van der Waals surface area (Å²) in [5.74, 6) is 0.280. The number of hydrogen-bond acceptors (Lipinski definition) is 2. The van der Waals surface area contributed by atoms with Crippen LogP contribution in [0.1, 0.15) is 19.0 Å². The van der Waals surface area contributed by atoms with Crippen molar-refractivity contribution < 1.29 is 4.39 Å². The van der Waals surface area contributed by atoms with E-state index in [-0.39, 0.29) is 5.02 Å². The monoisotopic (exact) mass is 267 g/mol. The van der Waals surface area contributed by atoms with Gasteiger partial charge in [-0.3, -0.25) is 0 Å². The van der Waals surface area contributed by atoms with E-state index in [4.69, 9.17) is 11.6 Å². The number of H-pyrrole nitrogens is 1. The van der Waals surface area contributed by atoms with E-state index in [9.17, 15) is 4.39 Å². The summed E-state index contributed by atoms with van der Waals surface area (Å²) in [5.41, 5.74) is 1.78. The SMILES string of the molecule is CCCNCc1cnc(-c2ccc(F)c(Cl)c2)[nH]1. The van der Waals surface area contributed by atoms with E-state index >= 15 is 0 Å². The van der Waals surface area contributed by atoms with Crippen LogP contribution in [0.2, 0.25) is 5.02 Å². The van der Waals surface area contributed by atoms with Gasteiger partial charge in [-0.15, -0.1) is 0 Å². The zero-order valence-electron chi connectivity index (χ0n) is 10.1. The van der Waals surface area contributed by atoms with Crippen LogP contribution in [0, 0.1) is 5.82 Å². The number of nitrogens with zero attached hydrogens (tertiary/aromatic N) is 1. The standard InChI is InChI=1S/C13H15ClFN3/c1-2-5-16-7-10-8-17-13(18-10)9-3-4-12(15)11(14)6-9/h3-4,6,8,16H,2,5,7H2,1H3,(H,17,18). The molecule has 0 aliphatic heterocycles. The predicted molar refractivity (Wildman–Crippen MR) is 71.0 cm³/mol. The fourth-order valence-corrected chi connectivity index (χ4v) is 1.82. The molecule has 18 heavy (non-hydrogen) atoms. The van der Waals surface area contributed by atoms with E-state index in [0.717, 1.165) is 30.8 Å². The molecule has 5 heteroatoms. The fraction of sp³-hybridized carbons (Fsp3) is 0.308. The molecule has 2 aromatic rings. The Balaban J connectivity index is 2.11. The van der Waals surface area contributed by atoms with Crippen LogP contribution in [-0.4, -0.2) is 16.5 Å². The van der Waals surface area contributed by atoms with Gasteiger partial charge in [0.15, 0.2) is 0 Å². The number of aromatic nitrogens is 2. The van der Waals surface area contributed by atoms with Crippen LogP contribution in [0.15, 0.2) is 24.4 Å². The van der Waals surface area contributed by atoms with Crippen molar-refractivity contribution in [3.8, 4) is 11.4 Å². The van der Waals surface area contributed by atoms with Gasteiger partial charge in [-0.05, 0) is 31.2 Å². The van der Waals surface area contributed by atoms with E-state index in [1.807, 2.05) is 0 Å². The van der Waals surface area contributed by atoms with Crippen molar-refractivity contribution in [3.63, 3.8) is 0 Å². The molecule has 0 fully saturated rings. The number of nitrogens with one attached hydrogen (secondary N) is 2. The molecule has 0 amide bonds. The van der Waals surface area contributed by atoms with Gasteiger partial charge in [-0.2, -0.15) is 0 Å². The summed E-state index contributed by atoms with van der Waals surface area (Å²) in [7, 11) is 0. The molecule has 0 atom stereocenters. The van der Waals surface area contributed by atoms with Gasteiger partial charge in [0.05, 0.1) is 5.02 Å². The van der Waals surface area contributed by atoms with Crippen molar-refractivity contribution in [1.29, 1.82) is 0 Å². The van der Waals surface area contributed by atoms with Crippen molar-refractivity contribution in [1.82, 2.24) is 15.3 Å². The molecule has 0 aliphatic carbocycles. The third-order valence-electron chi connectivity index (χ3n) is 2.56. The molecule has 0 radical (unpaired) electrons. The number of benzene rings is 1. The van der Waals surface area contributed by atoms with E-state index < -0.39 is 5.82 Å². The topological polar surface area (TPSA) is 40.7 Å². The van der Waals surface area contributed by atoms with Gasteiger partial charge >= 0.3 is 0 Å². The third-order valence-corrected chi connectivity index (χ3v) is 2.85. The molecule has 0 unspecified atom stereocenters. The van der Waals surface area contributed by atoms with Crippen molar-refractivity contribution in [3.05, 3.63) is 40.9 Å². The van der Waals surface area contributed by atoms with Gasteiger partial charge in [-0.1, -0.05) is 18.5 Å². The van der Waals surface area contributed by atoms with Crippen LogP contribution in [0.4, 0.5) is 4.39 Å². The molecule has 3 nitrogen and oxygen atoms in total. The molecule has 0 saturated heterocycles. The van der Waals surface area contributed by atoms with Crippen LogP contribution < -0.4 is 5.32 Å². The summed E-state index contributed by atoms with van der Waals surface area (Å²) >= 11 is 5.74. The molecule has 0 aliphatic rings. The van der Waals surface area contributed by atoms with Crippen molar-refractivity contribution in [2.24, 2.45) is 0 Å². The Labute approximate surface area is 110 Å². The highest BCUT2D eigenvalue weighted by molar-refractivity contribution is 6.31. The Kier molecular flexibility index (Phi) is 4.33. The zero-order valence-corrected chi connectivity index (χ0v) is 10.9. The van der Waals surface area contributed by atoms with Gasteiger partial charge in [0.1, 0.15) is 11.6 Å². The van der Waals surface area contributed by atoms with Crippen LogP contribution in [-0.2, 0) is 6.54 Å². The lowest BCUT2D eigenvalue weighted by Crippen LogP contribution is -2.13. The average Bonchev–Trinajstić information content (AvgIpc) is 2.82. The van der Waals surface area contributed by atoms with Crippen LogP contribution in [0.25, 0.3) is 11.4 Å². The number of hydrogen-bond donors (Lipinski definition) is 2. The predicted octanol–water partition coefficient (Wildman–Crippen LogP) is 3.37. The van der Waals surface area contributed by atoms with Gasteiger partial charge in [0.2, 0.25) is 0 Å². The minimum absolute atomic E-state index is 0.106. The first-order valence-electron chi connectivity index (χ1n) is 5.90.